The van der Waals surface area contributed by atoms with Crippen LogP contribution in [0, 0.1) is 0 Å². The molecule has 0 bridgehead atoms. The lowest BCUT2D eigenvalue weighted by Gasteiger charge is -2.14. The summed E-state index contributed by atoms with van der Waals surface area (Å²) in [5.74, 6) is 1.16. The number of benzene rings is 2. The minimum Gasteiger partial charge on any atom is -0.497 e. The average Bonchev–Trinajstić information content (AvgIpc) is 3.17. The molecule has 0 atom stereocenters. The lowest BCUT2D eigenvalue weighted by atomic mass is 9.99. The van der Waals surface area contributed by atoms with E-state index in [2.05, 4.69) is 10.3 Å². The molecule has 0 radical (unpaired) electrons. The van der Waals surface area contributed by atoms with E-state index in [-0.39, 0.29) is 29.8 Å². The molecule has 1 N–H and O–H groups in total. The molecule has 0 unspecified atom stereocenters. The first-order valence-electron chi connectivity index (χ1n) is 11.5. The van der Waals surface area contributed by atoms with Crippen LogP contribution >= 0.6 is 0 Å². The van der Waals surface area contributed by atoms with Gasteiger partial charge in [-0.3, -0.25) is 14.6 Å². The summed E-state index contributed by atoms with van der Waals surface area (Å²) in [6.45, 7) is 1.88. The number of carbonyl (C=O) groups excluding carboxylic acids is 2. The molecule has 0 saturated heterocycles. The van der Waals surface area contributed by atoms with Crippen molar-refractivity contribution in [3.8, 4) is 11.5 Å². The maximum Gasteiger partial charge on any atom is 0.261 e. The smallest absolute Gasteiger partial charge is 0.261 e. The molecule has 1 amide bonds. The molecule has 8 heteroatoms. The number of ether oxygens (including phenoxy) is 4. The van der Waals surface area contributed by atoms with Crippen molar-refractivity contribution >= 4 is 28.7 Å². The number of methoxy groups -OCH3 is 4. The van der Waals surface area contributed by atoms with Crippen molar-refractivity contribution in [1.29, 1.82) is 0 Å². The fourth-order valence-electron chi connectivity index (χ4n) is 4.20. The average molecular weight is 501 g/mol. The summed E-state index contributed by atoms with van der Waals surface area (Å²) < 4.78 is 21.1. The van der Waals surface area contributed by atoms with E-state index >= 15 is 0 Å². The molecular formula is C29H28N2O6. The van der Waals surface area contributed by atoms with Crippen molar-refractivity contribution in [1.82, 2.24) is 0 Å². The number of nitrogens with zero attached hydrogens (tertiary/aromatic N) is 1. The second-order valence-corrected chi connectivity index (χ2v) is 8.29. The van der Waals surface area contributed by atoms with E-state index in [1.807, 2.05) is 31.2 Å². The number of aliphatic imine (C=N–C) groups is 1. The van der Waals surface area contributed by atoms with Crippen molar-refractivity contribution in [3.63, 3.8) is 0 Å². The van der Waals surface area contributed by atoms with Gasteiger partial charge in [0.25, 0.3) is 5.78 Å². The maximum atomic E-state index is 12.7. The number of rotatable bonds is 8. The largest absolute Gasteiger partial charge is 0.497 e. The van der Waals surface area contributed by atoms with Crippen LogP contribution < -0.4 is 14.8 Å². The fraction of sp³-hybridized carbons (Fsp3) is 0.207. The highest BCUT2D eigenvalue weighted by Crippen LogP contribution is 2.37. The number of hydrogen-bond acceptors (Lipinski definition) is 7. The Kier molecular flexibility index (Phi) is 7.57. The zero-order valence-corrected chi connectivity index (χ0v) is 21.4. The number of ketones is 1. The van der Waals surface area contributed by atoms with Crippen LogP contribution in [0.5, 0.6) is 11.5 Å². The standard InChI is InChI=1S/C29H28N2O6/c1-17-23(11-18-12-25(36-4)29(33)26(13-18)37-5)22-10-9-21(35-3)15-24(22)28(17)30-16-27(32)31-19-7-6-8-20(14-19)34-2/h6-15H,16H2,1-5H3,(H,31,32)/b30-28+. The quantitative estimate of drug-likeness (QED) is 0.574. The van der Waals surface area contributed by atoms with Gasteiger partial charge in [-0.1, -0.05) is 12.1 Å². The molecule has 2 aromatic carbocycles. The third-order valence-electron chi connectivity index (χ3n) is 6.06. The van der Waals surface area contributed by atoms with Crippen molar-refractivity contribution in [2.75, 3.05) is 40.3 Å². The van der Waals surface area contributed by atoms with Crippen LogP contribution in [0.2, 0.25) is 0 Å². The van der Waals surface area contributed by atoms with E-state index in [1.165, 1.54) is 14.2 Å². The van der Waals surface area contributed by atoms with Gasteiger partial charge in [0.15, 0.2) is 11.5 Å². The molecule has 2 aromatic rings. The Balaban J connectivity index is 1.69. The van der Waals surface area contributed by atoms with Crippen molar-refractivity contribution in [2.45, 2.75) is 6.92 Å². The molecule has 8 nitrogen and oxygen atoms in total. The first-order chi connectivity index (χ1) is 17.9. The van der Waals surface area contributed by atoms with Gasteiger partial charge in [-0.25, -0.2) is 0 Å². The van der Waals surface area contributed by atoms with E-state index in [9.17, 15) is 9.59 Å². The zero-order valence-electron chi connectivity index (χ0n) is 21.4. The number of hydrogen-bond donors (Lipinski definition) is 1. The third kappa shape index (κ3) is 5.33. The van der Waals surface area contributed by atoms with Crippen molar-refractivity contribution in [3.05, 3.63) is 94.5 Å². The van der Waals surface area contributed by atoms with E-state index < -0.39 is 0 Å². The monoisotopic (exact) mass is 500 g/mol. The number of nitrogens with one attached hydrogen (secondary N) is 1. The highest BCUT2D eigenvalue weighted by atomic mass is 16.5. The molecule has 0 spiro atoms. The zero-order chi connectivity index (χ0) is 26.5. The van der Waals surface area contributed by atoms with E-state index in [1.54, 1.807) is 50.6 Å². The second-order valence-electron chi connectivity index (χ2n) is 8.29. The van der Waals surface area contributed by atoms with Gasteiger partial charge in [0, 0.05) is 17.3 Å². The Hall–Kier alpha value is -4.59. The maximum absolute atomic E-state index is 12.7. The van der Waals surface area contributed by atoms with Crippen LogP contribution in [0.4, 0.5) is 5.69 Å². The highest BCUT2D eigenvalue weighted by Gasteiger charge is 2.27. The summed E-state index contributed by atoms with van der Waals surface area (Å²) in [7, 11) is 6.07. The summed E-state index contributed by atoms with van der Waals surface area (Å²) in [4.78, 5) is 29.7. The van der Waals surface area contributed by atoms with Gasteiger partial charge in [0.05, 0.1) is 34.2 Å². The van der Waals surface area contributed by atoms with Gasteiger partial charge in [0.2, 0.25) is 5.91 Å². The molecular weight excluding hydrogens is 472 g/mol. The van der Waals surface area contributed by atoms with Crippen LogP contribution in [0.15, 0.2) is 88.3 Å². The van der Waals surface area contributed by atoms with E-state index in [0.29, 0.717) is 22.9 Å². The van der Waals surface area contributed by atoms with Crippen LogP contribution in [0.3, 0.4) is 0 Å². The predicted octanol–water partition coefficient (Wildman–Crippen LogP) is 4.49. The number of fused-ring (bicyclic) bond motifs is 1. The number of allylic oxidation sites excluding steroid dienone is 6. The first kappa shape index (κ1) is 25.5. The van der Waals surface area contributed by atoms with Crippen LogP contribution in [-0.4, -0.2) is 52.4 Å². The summed E-state index contributed by atoms with van der Waals surface area (Å²) in [6, 6.07) is 12.9. The molecule has 0 heterocycles. The molecule has 2 aliphatic carbocycles. The topological polar surface area (TPSA) is 95.5 Å². The third-order valence-corrected chi connectivity index (χ3v) is 6.06. The van der Waals surface area contributed by atoms with Gasteiger partial charge in [-0.15, -0.1) is 0 Å². The van der Waals surface area contributed by atoms with Gasteiger partial charge >= 0.3 is 0 Å². The summed E-state index contributed by atoms with van der Waals surface area (Å²) in [6.07, 6.45) is 5.29. The minimum atomic E-state index is -0.311. The van der Waals surface area contributed by atoms with Gasteiger partial charge in [-0.05, 0) is 71.7 Å². The Morgan fingerprint density at radius 1 is 0.892 bits per heavy atom. The lowest BCUT2D eigenvalue weighted by molar-refractivity contribution is -0.118. The Labute approximate surface area is 215 Å². The molecule has 2 aliphatic rings. The summed E-state index contributed by atoms with van der Waals surface area (Å²) in [5.41, 5.74) is 5.66. The second kappa shape index (κ2) is 11.0. The molecule has 0 fully saturated rings. The van der Waals surface area contributed by atoms with E-state index in [0.717, 1.165) is 27.8 Å². The molecule has 0 aliphatic heterocycles. The Bertz CT molecular complexity index is 1390. The van der Waals surface area contributed by atoms with Gasteiger partial charge < -0.3 is 24.3 Å². The number of carbonyl (C=O) groups is 2. The Morgan fingerprint density at radius 2 is 1.57 bits per heavy atom. The molecule has 37 heavy (non-hydrogen) atoms. The molecule has 0 saturated carbocycles. The minimum absolute atomic E-state index is 0.0691. The predicted molar refractivity (Wildman–Crippen MR) is 142 cm³/mol. The van der Waals surface area contributed by atoms with Crippen LogP contribution in [-0.2, 0) is 19.1 Å². The summed E-state index contributed by atoms with van der Waals surface area (Å²) >= 11 is 0. The molecule has 190 valence electrons. The van der Waals surface area contributed by atoms with Gasteiger partial charge in [-0.2, -0.15) is 0 Å². The number of anilines is 1. The van der Waals surface area contributed by atoms with Crippen LogP contribution in [0.25, 0.3) is 5.57 Å². The molecule has 4 rings (SSSR count). The normalized spacial score (nSPS) is 15.6. The van der Waals surface area contributed by atoms with Gasteiger partial charge in [0.1, 0.15) is 18.0 Å². The van der Waals surface area contributed by atoms with Crippen LogP contribution in [0.1, 0.15) is 18.1 Å². The SMILES string of the molecule is COC1=CC(=CC2=C(C)/C(=N\CC(=O)Nc3cccc(OC)c3)c3cc(OC)ccc32)C=C(OC)C1=O. The first-order valence-corrected chi connectivity index (χ1v) is 11.5. The number of Topliss-reactive ketones (excluding diaryl/α,β-unsaturated/α-hetero) is 1. The Morgan fingerprint density at radius 3 is 2.22 bits per heavy atom. The summed E-state index contributed by atoms with van der Waals surface area (Å²) in [5, 5.41) is 2.85. The van der Waals surface area contributed by atoms with Crippen molar-refractivity contribution in [2.24, 2.45) is 4.99 Å². The van der Waals surface area contributed by atoms with E-state index in [4.69, 9.17) is 18.9 Å². The number of amides is 1. The highest BCUT2D eigenvalue weighted by molar-refractivity contribution is 6.25. The lowest BCUT2D eigenvalue weighted by Crippen LogP contribution is -2.16. The molecule has 0 aromatic heterocycles. The van der Waals surface area contributed by atoms with Crippen molar-refractivity contribution < 1.29 is 28.5 Å². The fourth-order valence-corrected chi connectivity index (χ4v) is 4.20.